The van der Waals surface area contributed by atoms with Crippen molar-refractivity contribution in [3.63, 3.8) is 0 Å². The van der Waals surface area contributed by atoms with E-state index in [9.17, 15) is 35.9 Å². The van der Waals surface area contributed by atoms with Crippen LogP contribution in [0.25, 0.3) is 11.3 Å². The smallest absolute Gasteiger partial charge is 0.475 e. The largest absolute Gasteiger partial charge is 0.490 e. The molecule has 1 atom stereocenters. The Hall–Kier alpha value is -4.80. The van der Waals surface area contributed by atoms with Gasteiger partial charge < -0.3 is 25.4 Å². The average molecular weight is 702 g/mol. The van der Waals surface area contributed by atoms with E-state index in [4.69, 9.17) is 24.8 Å². The fraction of sp³-hybridized carbons (Fsp3) is 0.438. The maximum absolute atomic E-state index is 13.1. The second-order valence-electron chi connectivity index (χ2n) is 11.0. The number of piperidine rings is 1. The van der Waals surface area contributed by atoms with Gasteiger partial charge in [-0.15, -0.1) is 0 Å². The number of nitrogens with zero attached hydrogens (tertiary/aromatic N) is 3. The normalized spacial score (nSPS) is 14.3. The van der Waals surface area contributed by atoms with Gasteiger partial charge in [-0.1, -0.05) is 49.2 Å². The first-order valence-corrected chi connectivity index (χ1v) is 15.1. The molecule has 268 valence electrons. The van der Waals surface area contributed by atoms with Crippen LogP contribution in [0.5, 0.6) is 0 Å². The number of halogens is 6. The second-order valence-corrected chi connectivity index (χ2v) is 11.0. The molecule has 11 nitrogen and oxygen atoms in total. The first-order valence-electron chi connectivity index (χ1n) is 15.1. The lowest BCUT2D eigenvalue weighted by molar-refractivity contribution is -0.193. The zero-order chi connectivity index (χ0) is 36.6. The summed E-state index contributed by atoms with van der Waals surface area (Å²) in [6.07, 6.45) is -0.960. The topological polar surface area (TPSA) is 166 Å². The lowest BCUT2D eigenvalue weighted by Crippen LogP contribution is -2.40. The summed E-state index contributed by atoms with van der Waals surface area (Å²) in [7, 11) is 2.10. The number of aliphatic carboxylic acids is 2. The van der Waals surface area contributed by atoms with E-state index in [-0.39, 0.29) is 23.7 Å². The molecule has 4 rings (SSSR count). The Morgan fingerprint density at radius 3 is 2.00 bits per heavy atom. The van der Waals surface area contributed by atoms with Crippen LogP contribution in [0, 0.1) is 5.92 Å². The van der Waals surface area contributed by atoms with E-state index >= 15 is 0 Å². The van der Waals surface area contributed by atoms with Gasteiger partial charge in [-0.05, 0) is 58.0 Å². The van der Waals surface area contributed by atoms with Crippen molar-refractivity contribution < 1.29 is 55.7 Å². The first kappa shape index (κ1) is 40.4. The molecule has 3 aromatic rings. The molecule has 1 aliphatic rings. The molecule has 1 amide bonds. The Bertz CT molecular complexity index is 1450. The molecule has 0 aliphatic carbocycles. The molecule has 17 heteroatoms. The number of benzene rings is 1. The number of alkyl halides is 6. The highest BCUT2D eigenvalue weighted by molar-refractivity contribution is 5.94. The number of rotatable bonds is 11. The zero-order valence-corrected chi connectivity index (χ0v) is 26.4. The van der Waals surface area contributed by atoms with E-state index in [0.29, 0.717) is 12.1 Å². The minimum atomic E-state index is -5.08. The Kier molecular flexibility index (Phi) is 15.9. The Labute approximate surface area is 277 Å². The summed E-state index contributed by atoms with van der Waals surface area (Å²) in [5.41, 5.74) is 2.45. The van der Waals surface area contributed by atoms with Crippen molar-refractivity contribution in [3.8, 4) is 11.3 Å². The number of carbonyl (C=O) groups excluding carboxylic acids is 2. The third kappa shape index (κ3) is 14.9. The van der Waals surface area contributed by atoms with Crippen molar-refractivity contribution in [1.82, 2.24) is 25.2 Å². The number of ketones is 1. The molecule has 3 heterocycles. The molecular formula is C32H37F6N5O6. The van der Waals surface area contributed by atoms with Crippen molar-refractivity contribution in [3.05, 3.63) is 72.4 Å². The minimum Gasteiger partial charge on any atom is -0.475 e. The predicted molar refractivity (Wildman–Crippen MR) is 164 cm³/mol. The molecule has 1 aliphatic heterocycles. The maximum Gasteiger partial charge on any atom is 0.490 e. The van der Waals surface area contributed by atoms with Crippen LogP contribution in [0.4, 0.5) is 26.3 Å². The summed E-state index contributed by atoms with van der Waals surface area (Å²) in [4.78, 5) is 57.7. The number of imidazole rings is 1. The van der Waals surface area contributed by atoms with E-state index in [0.717, 1.165) is 68.7 Å². The molecule has 49 heavy (non-hydrogen) atoms. The van der Waals surface area contributed by atoms with Crippen LogP contribution in [0.3, 0.4) is 0 Å². The van der Waals surface area contributed by atoms with Crippen molar-refractivity contribution in [2.75, 3.05) is 20.1 Å². The monoisotopic (exact) mass is 701 g/mol. The predicted octanol–water partition coefficient (Wildman–Crippen LogP) is 6.07. The van der Waals surface area contributed by atoms with Crippen LogP contribution >= 0.6 is 0 Å². The summed E-state index contributed by atoms with van der Waals surface area (Å²) in [6.45, 7) is 1.90. The molecular weight excluding hydrogens is 664 g/mol. The fourth-order valence-electron chi connectivity index (χ4n) is 4.58. The highest BCUT2D eigenvalue weighted by Crippen LogP contribution is 2.25. The lowest BCUT2D eigenvalue weighted by atomic mass is 9.95. The van der Waals surface area contributed by atoms with Gasteiger partial charge in [0.1, 0.15) is 11.5 Å². The number of hydrogen-bond donors (Lipinski definition) is 4. The summed E-state index contributed by atoms with van der Waals surface area (Å²) in [6, 6.07) is 15.3. The molecule has 0 unspecified atom stereocenters. The van der Waals surface area contributed by atoms with E-state index < -0.39 is 24.3 Å². The van der Waals surface area contributed by atoms with E-state index in [1.165, 1.54) is 0 Å². The number of hydrogen-bond acceptors (Lipinski definition) is 7. The summed E-state index contributed by atoms with van der Waals surface area (Å²) in [5, 5.41) is 17.5. The first-order chi connectivity index (χ1) is 23.0. The quantitative estimate of drug-likeness (QED) is 0.105. The molecule has 0 radical (unpaired) electrons. The number of pyridine rings is 1. The molecule has 0 bridgehead atoms. The van der Waals surface area contributed by atoms with Crippen LogP contribution < -0.4 is 5.32 Å². The van der Waals surface area contributed by atoms with Crippen LogP contribution in [0.15, 0.2) is 60.9 Å². The van der Waals surface area contributed by atoms with Crippen molar-refractivity contribution >= 4 is 23.6 Å². The van der Waals surface area contributed by atoms with Gasteiger partial charge in [-0.2, -0.15) is 26.3 Å². The van der Waals surface area contributed by atoms with Gasteiger partial charge >= 0.3 is 24.3 Å². The number of aromatic amines is 1. The van der Waals surface area contributed by atoms with E-state index in [1.54, 1.807) is 12.3 Å². The third-order valence-corrected chi connectivity index (χ3v) is 7.24. The summed E-state index contributed by atoms with van der Waals surface area (Å²) < 4.78 is 63.5. The molecule has 1 saturated heterocycles. The average Bonchev–Trinajstić information content (AvgIpc) is 3.55. The SMILES string of the molecule is CN1CCC(C(=O)N[C@@H](CCCCCC(=O)c2ccccn2)c2nc(-c3ccccc3)c[nH]2)CC1.O=C(O)C(F)(F)F.O=C(O)C(F)(F)F. The number of nitrogens with one attached hydrogen (secondary N) is 2. The standard InChI is InChI=1S/C28H35N5O2.2C2HF3O2/c1-33-18-15-22(16-19-33)28(35)32-24(27-30-20-25(31-27)21-10-4-2-5-11-21)13-6-3-7-14-26(34)23-12-8-9-17-29-23;2*3-2(4,5)1(6)7/h2,4-5,8-12,17,20,22,24H,3,6-7,13-16,18-19H2,1H3,(H,30,31)(H,32,35);2*(H,6,7)/t24-;;/m0../s1. The van der Waals surface area contributed by atoms with Crippen LogP contribution in [0.2, 0.25) is 0 Å². The number of carboxylic acids is 2. The number of H-pyrrole nitrogens is 1. The molecule has 1 aromatic carbocycles. The number of likely N-dealkylation sites (tertiary alicyclic amines) is 1. The zero-order valence-electron chi connectivity index (χ0n) is 26.4. The third-order valence-electron chi connectivity index (χ3n) is 7.24. The second kappa shape index (κ2) is 19.3. The van der Waals surface area contributed by atoms with Crippen LogP contribution in [-0.4, -0.2) is 86.2 Å². The van der Waals surface area contributed by atoms with Gasteiger partial charge in [-0.3, -0.25) is 14.6 Å². The Balaban J connectivity index is 0.000000500. The van der Waals surface area contributed by atoms with Gasteiger partial charge in [0, 0.05) is 30.3 Å². The summed E-state index contributed by atoms with van der Waals surface area (Å²) >= 11 is 0. The van der Waals surface area contributed by atoms with Crippen LogP contribution in [0.1, 0.15) is 67.3 Å². The Morgan fingerprint density at radius 1 is 0.898 bits per heavy atom. The summed E-state index contributed by atoms with van der Waals surface area (Å²) in [5.74, 6) is -4.48. The number of unbranched alkanes of at least 4 members (excludes halogenated alkanes) is 2. The highest BCUT2D eigenvalue weighted by Gasteiger charge is 2.39. The van der Waals surface area contributed by atoms with Gasteiger partial charge in [0.15, 0.2) is 5.78 Å². The van der Waals surface area contributed by atoms with Gasteiger partial charge in [0.2, 0.25) is 5.91 Å². The molecule has 4 N–H and O–H groups in total. The molecule has 0 saturated carbocycles. The van der Waals surface area contributed by atoms with Crippen molar-refractivity contribution in [2.24, 2.45) is 5.92 Å². The lowest BCUT2D eigenvalue weighted by Gasteiger charge is -2.29. The molecule has 2 aromatic heterocycles. The van der Waals surface area contributed by atoms with Gasteiger partial charge in [0.05, 0.1) is 11.7 Å². The number of carboxylic acid groups (broad SMARTS) is 2. The highest BCUT2D eigenvalue weighted by atomic mass is 19.4. The van der Waals surface area contributed by atoms with Gasteiger partial charge in [-0.25, -0.2) is 14.6 Å². The number of aromatic nitrogens is 3. The van der Waals surface area contributed by atoms with Gasteiger partial charge in [0.25, 0.3) is 0 Å². The molecule has 1 fully saturated rings. The van der Waals surface area contributed by atoms with E-state index in [2.05, 4.69) is 27.2 Å². The number of Topliss-reactive ketones (excluding diaryl/α,β-unsaturated/α-hetero) is 1. The van der Waals surface area contributed by atoms with Crippen molar-refractivity contribution in [2.45, 2.75) is 63.3 Å². The fourth-order valence-corrected chi connectivity index (χ4v) is 4.58. The van der Waals surface area contributed by atoms with Crippen LogP contribution in [-0.2, 0) is 14.4 Å². The number of amides is 1. The number of carbonyl (C=O) groups is 4. The molecule has 0 spiro atoms. The van der Waals surface area contributed by atoms with E-state index in [1.807, 2.05) is 48.7 Å². The minimum absolute atomic E-state index is 0.0493. The maximum atomic E-state index is 13.1. The van der Waals surface area contributed by atoms with Crippen molar-refractivity contribution in [1.29, 1.82) is 0 Å². The Morgan fingerprint density at radius 2 is 1.47 bits per heavy atom.